The molecule has 0 fully saturated rings. The highest BCUT2D eigenvalue weighted by atomic mass is 32.2. The van der Waals surface area contributed by atoms with Gasteiger partial charge in [-0.25, -0.2) is 0 Å². The topological polar surface area (TPSA) is 37.3 Å². The zero-order valence-electron chi connectivity index (χ0n) is 13.2. The zero-order chi connectivity index (χ0) is 16.5. The molecule has 0 aliphatic rings. The summed E-state index contributed by atoms with van der Waals surface area (Å²) in [5.41, 5.74) is 0. The normalized spacial score (nSPS) is 13.5. The summed E-state index contributed by atoms with van der Waals surface area (Å²) in [4.78, 5) is 14.7. The van der Waals surface area contributed by atoms with E-state index in [1.54, 1.807) is 11.8 Å². The molecular weight excluding hydrogens is 324 g/mol. The molecule has 0 saturated carbocycles. The smallest absolute Gasteiger partial charge is 0.200 e. The first-order chi connectivity index (χ1) is 11.2. The second-order valence-corrected chi connectivity index (χ2v) is 7.49. The van der Waals surface area contributed by atoms with E-state index in [0.717, 1.165) is 16.2 Å². The van der Waals surface area contributed by atoms with Gasteiger partial charge in [0.25, 0.3) is 0 Å². The molecule has 0 spiro atoms. The van der Waals surface area contributed by atoms with Crippen LogP contribution in [0.1, 0.15) is 19.8 Å². The van der Waals surface area contributed by atoms with Crippen LogP contribution in [0.3, 0.4) is 0 Å². The van der Waals surface area contributed by atoms with Gasteiger partial charge in [0.15, 0.2) is 5.12 Å². The molecule has 0 aliphatic heterocycles. The predicted molar refractivity (Wildman–Crippen MR) is 98.9 cm³/mol. The Labute approximate surface area is 146 Å². The number of rotatable bonds is 8. The fourth-order valence-corrected chi connectivity index (χ4v) is 4.33. The maximum atomic E-state index is 12.6. The van der Waals surface area contributed by atoms with Gasteiger partial charge in [0, 0.05) is 15.5 Å². The summed E-state index contributed by atoms with van der Waals surface area (Å²) < 4.78 is 0. The van der Waals surface area contributed by atoms with E-state index in [-0.39, 0.29) is 11.0 Å². The van der Waals surface area contributed by atoms with Gasteiger partial charge in [0.05, 0.1) is 12.0 Å². The number of aliphatic hydroxyl groups is 1. The summed E-state index contributed by atoms with van der Waals surface area (Å²) in [6.07, 6.45) is 0.942. The SMILES string of the molecule is CCC[C@@H](O)[C@H](CSc1ccccc1)C(=O)Sc1ccccc1. The Morgan fingerprint density at radius 3 is 2.13 bits per heavy atom. The Hall–Kier alpha value is -1.23. The average molecular weight is 347 g/mol. The number of hydrogen-bond acceptors (Lipinski definition) is 4. The standard InChI is InChI=1S/C19H22O2S2/c1-2-9-18(20)17(14-22-15-10-5-3-6-11-15)19(21)23-16-12-7-4-8-13-16/h3-8,10-13,17-18,20H,2,9,14H2,1H3/t17-,18+/m0/s1. The summed E-state index contributed by atoms with van der Waals surface area (Å²) in [5.74, 6) is 0.245. The number of carbonyl (C=O) groups excluding carboxylic acids is 1. The molecule has 23 heavy (non-hydrogen) atoms. The van der Waals surface area contributed by atoms with Crippen molar-refractivity contribution in [3.63, 3.8) is 0 Å². The molecule has 0 unspecified atom stereocenters. The van der Waals surface area contributed by atoms with Gasteiger partial charge >= 0.3 is 0 Å². The van der Waals surface area contributed by atoms with E-state index >= 15 is 0 Å². The molecule has 0 saturated heterocycles. The molecule has 0 aliphatic carbocycles. The lowest BCUT2D eigenvalue weighted by atomic mass is 10.0. The number of hydrogen-bond donors (Lipinski definition) is 1. The minimum Gasteiger partial charge on any atom is -0.392 e. The highest BCUT2D eigenvalue weighted by Crippen LogP contribution is 2.29. The Morgan fingerprint density at radius 2 is 1.57 bits per heavy atom. The minimum atomic E-state index is -0.583. The Kier molecular flexibility index (Phi) is 7.72. The molecule has 2 rings (SSSR count). The second kappa shape index (κ2) is 9.81. The van der Waals surface area contributed by atoms with Crippen molar-refractivity contribution in [1.82, 2.24) is 0 Å². The van der Waals surface area contributed by atoms with Gasteiger partial charge in [-0.3, -0.25) is 4.79 Å². The highest BCUT2D eigenvalue weighted by Gasteiger charge is 2.27. The van der Waals surface area contributed by atoms with Gasteiger partial charge in [-0.1, -0.05) is 61.5 Å². The first-order valence-corrected chi connectivity index (χ1v) is 9.63. The molecule has 2 nitrogen and oxygen atoms in total. The molecule has 2 atom stereocenters. The van der Waals surface area contributed by atoms with E-state index in [2.05, 4.69) is 0 Å². The van der Waals surface area contributed by atoms with Crippen molar-refractivity contribution in [2.45, 2.75) is 35.7 Å². The van der Waals surface area contributed by atoms with Crippen molar-refractivity contribution in [3.05, 3.63) is 60.7 Å². The van der Waals surface area contributed by atoms with Crippen LogP contribution in [-0.4, -0.2) is 22.1 Å². The number of thioether (sulfide) groups is 2. The third-order valence-corrected chi connectivity index (χ3v) is 5.63. The van der Waals surface area contributed by atoms with Crippen LogP contribution in [0.15, 0.2) is 70.5 Å². The highest BCUT2D eigenvalue weighted by molar-refractivity contribution is 8.13. The van der Waals surface area contributed by atoms with Gasteiger partial charge in [-0.2, -0.15) is 0 Å². The quantitative estimate of drug-likeness (QED) is 0.692. The van der Waals surface area contributed by atoms with E-state index in [4.69, 9.17) is 0 Å². The van der Waals surface area contributed by atoms with Gasteiger partial charge in [-0.05, 0) is 30.7 Å². The molecule has 2 aromatic rings. The molecule has 122 valence electrons. The van der Waals surface area contributed by atoms with Gasteiger partial charge in [-0.15, -0.1) is 11.8 Å². The van der Waals surface area contributed by atoms with Crippen molar-refractivity contribution >= 4 is 28.6 Å². The number of carbonyl (C=O) groups is 1. The summed E-state index contributed by atoms with van der Waals surface area (Å²) >= 11 is 2.86. The van der Waals surface area contributed by atoms with Gasteiger partial charge in [0.1, 0.15) is 0 Å². The van der Waals surface area contributed by atoms with E-state index in [1.807, 2.05) is 67.6 Å². The van der Waals surface area contributed by atoms with Crippen molar-refractivity contribution in [3.8, 4) is 0 Å². The van der Waals surface area contributed by atoms with Crippen molar-refractivity contribution in [1.29, 1.82) is 0 Å². The molecule has 4 heteroatoms. The first-order valence-electron chi connectivity index (χ1n) is 7.83. The molecule has 0 heterocycles. The lowest BCUT2D eigenvalue weighted by Crippen LogP contribution is -2.28. The molecule has 2 aromatic carbocycles. The lowest BCUT2D eigenvalue weighted by Gasteiger charge is -2.20. The summed E-state index contributed by atoms with van der Waals surface area (Å²) in [5, 5.41) is 10.4. The molecule has 0 amide bonds. The Morgan fingerprint density at radius 1 is 1.00 bits per heavy atom. The van der Waals surface area contributed by atoms with Crippen LogP contribution in [0.2, 0.25) is 0 Å². The largest absolute Gasteiger partial charge is 0.392 e. The minimum absolute atomic E-state index is 0.0422. The predicted octanol–water partition coefficient (Wildman–Crippen LogP) is 4.87. The molecule has 0 radical (unpaired) electrons. The third-order valence-electron chi connectivity index (χ3n) is 3.49. The zero-order valence-corrected chi connectivity index (χ0v) is 14.9. The number of benzene rings is 2. The molecule has 1 N–H and O–H groups in total. The average Bonchev–Trinajstić information content (AvgIpc) is 2.57. The van der Waals surface area contributed by atoms with Gasteiger partial charge in [0.2, 0.25) is 0 Å². The van der Waals surface area contributed by atoms with Crippen molar-refractivity contribution < 1.29 is 9.90 Å². The summed E-state index contributed by atoms with van der Waals surface area (Å²) in [7, 11) is 0. The second-order valence-electron chi connectivity index (χ2n) is 5.32. The number of aliphatic hydroxyl groups excluding tert-OH is 1. The third kappa shape index (κ3) is 6.05. The maximum Gasteiger partial charge on any atom is 0.200 e. The van der Waals surface area contributed by atoms with E-state index < -0.39 is 6.10 Å². The van der Waals surface area contributed by atoms with Crippen LogP contribution < -0.4 is 0 Å². The summed E-state index contributed by atoms with van der Waals surface area (Å²) in [6.45, 7) is 2.03. The van der Waals surface area contributed by atoms with Crippen LogP contribution in [0, 0.1) is 5.92 Å². The fourth-order valence-electron chi connectivity index (χ4n) is 2.22. The van der Waals surface area contributed by atoms with Crippen LogP contribution in [-0.2, 0) is 4.79 Å². The van der Waals surface area contributed by atoms with Gasteiger partial charge < -0.3 is 5.11 Å². The van der Waals surface area contributed by atoms with E-state index in [9.17, 15) is 9.90 Å². The van der Waals surface area contributed by atoms with Crippen LogP contribution in [0.4, 0.5) is 0 Å². The van der Waals surface area contributed by atoms with Crippen LogP contribution >= 0.6 is 23.5 Å². The first kappa shape index (κ1) is 18.1. The monoisotopic (exact) mass is 346 g/mol. The van der Waals surface area contributed by atoms with Crippen LogP contribution in [0.25, 0.3) is 0 Å². The maximum absolute atomic E-state index is 12.6. The van der Waals surface area contributed by atoms with Crippen molar-refractivity contribution in [2.75, 3.05) is 5.75 Å². The summed E-state index contributed by atoms with van der Waals surface area (Å²) in [6, 6.07) is 19.6. The lowest BCUT2D eigenvalue weighted by molar-refractivity contribution is -0.116. The fraction of sp³-hybridized carbons (Fsp3) is 0.316. The Balaban J connectivity index is 2.02. The Bertz CT molecular complexity index is 587. The van der Waals surface area contributed by atoms with E-state index in [1.165, 1.54) is 11.8 Å². The molecule has 0 aromatic heterocycles. The molecule has 0 bridgehead atoms. The van der Waals surface area contributed by atoms with E-state index in [0.29, 0.717) is 12.2 Å². The molecular formula is C19H22O2S2. The van der Waals surface area contributed by atoms with Crippen LogP contribution in [0.5, 0.6) is 0 Å². The van der Waals surface area contributed by atoms with Crippen molar-refractivity contribution in [2.24, 2.45) is 5.92 Å².